The van der Waals surface area contributed by atoms with Gasteiger partial charge >= 0.3 is 12.1 Å². The largest absolute Gasteiger partial charge is 0.444 e. The molecule has 0 bridgehead atoms. The van der Waals surface area contributed by atoms with Crippen LogP contribution < -0.4 is 10.2 Å². The summed E-state index contributed by atoms with van der Waals surface area (Å²) < 4.78 is 11.2. The highest BCUT2D eigenvalue weighted by Crippen LogP contribution is 2.28. The van der Waals surface area contributed by atoms with Gasteiger partial charge in [0, 0.05) is 31.6 Å². The molecule has 2 saturated heterocycles. The smallest absolute Gasteiger partial charge is 0.410 e. The lowest BCUT2D eigenvalue weighted by atomic mass is 10.1. The van der Waals surface area contributed by atoms with E-state index in [9.17, 15) is 14.4 Å². The van der Waals surface area contributed by atoms with Crippen molar-refractivity contribution in [3.63, 3.8) is 0 Å². The first kappa shape index (κ1) is 23.9. The Kier molecular flexibility index (Phi) is 7.64. The van der Waals surface area contributed by atoms with Crippen LogP contribution >= 0.6 is 11.6 Å². The van der Waals surface area contributed by atoms with Crippen LogP contribution in [0, 0.1) is 11.8 Å². The van der Waals surface area contributed by atoms with E-state index >= 15 is 0 Å². The quantitative estimate of drug-likeness (QED) is 0.695. The standard InChI is InChI=1S/C23H28ClN3O5/c1-23(2,3)32-22(30)26-11-8-17(9-12-26)31-14-4-5-16-6-7-18(24)19(15-16)27-13-10-20(28)25-21(27)29/h6-7,15,17H,8-14H2,1-3H3,(H,25,28,29). The van der Waals surface area contributed by atoms with E-state index in [0.29, 0.717) is 29.4 Å². The van der Waals surface area contributed by atoms with Gasteiger partial charge in [-0.2, -0.15) is 0 Å². The van der Waals surface area contributed by atoms with Crippen molar-refractivity contribution in [3.05, 3.63) is 28.8 Å². The second kappa shape index (κ2) is 10.2. The predicted octanol–water partition coefficient (Wildman–Crippen LogP) is 3.55. The summed E-state index contributed by atoms with van der Waals surface area (Å²) in [6.45, 7) is 7.27. The number of benzene rings is 1. The third kappa shape index (κ3) is 6.62. The monoisotopic (exact) mass is 461 g/mol. The number of halogens is 1. The van der Waals surface area contributed by atoms with Crippen LogP contribution in [0.15, 0.2) is 18.2 Å². The Morgan fingerprint density at radius 1 is 1.22 bits per heavy atom. The minimum Gasteiger partial charge on any atom is -0.444 e. The topological polar surface area (TPSA) is 88.2 Å². The minimum absolute atomic E-state index is 0.0401. The number of nitrogens with one attached hydrogen (secondary N) is 1. The molecule has 32 heavy (non-hydrogen) atoms. The number of likely N-dealkylation sites (tertiary alicyclic amines) is 1. The third-order valence-electron chi connectivity index (χ3n) is 5.01. The van der Waals surface area contributed by atoms with Crippen molar-refractivity contribution in [3.8, 4) is 11.8 Å². The van der Waals surface area contributed by atoms with E-state index < -0.39 is 11.6 Å². The van der Waals surface area contributed by atoms with Crippen LogP contribution in [-0.2, 0) is 14.3 Å². The number of piperidine rings is 1. The summed E-state index contributed by atoms with van der Waals surface area (Å²) in [4.78, 5) is 38.7. The van der Waals surface area contributed by atoms with Crippen molar-refractivity contribution in [2.75, 3.05) is 31.1 Å². The van der Waals surface area contributed by atoms with Gasteiger partial charge in [0.2, 0.25) is 5.91 Å². The van der Waals surface area contributed by atoms with Crippen molar-refractivity contribution in [2.45, 2.75) is 51.7 Å². The summed E-state index contributed by atoms with van der Waals surface area (Å²) >= 11 is 6.25. The molecule has 8 nitrogen and oxygen atoms in total. The lowest BCUT2D eigenvalue weighted by Crippen LogP contribution is -2.49. The van der Waals surface area contributed by atoms with Crippen molar-refractivity contribution in [1.29, 1.82) is 0 Å². The third-order valence-corrected chi connectivity index (χ3v) is 5.33. The van der Waals surface area contributed by atoms with Gasteiger partial charge in [-0.05, 0) is 51.8 Å². The maximum absolute atomic E-state index is 12.1. The molecule has 0 unspecified atom stereocenters. The van der Waals surface area contributed by atoms with Gasteiger partial charge in [0.05, 0.1) is 16.8 Å². The van der Waals surface area contributed by atoms with E-state index in [1.165, 1.54) is 4.90 Å². The molecule has 1 aromatic rings. The highest BCUT2D eigenvalue weighted by molar-refractivity contribution is 6.34. The van der Waals surface area contributed by atoms with Gasteiger partial charge in [-0.1, -0.05) is 23.4 Å². The number of imide groups is 1. The van der Waals surface area contributed by atoms with E-state index in [4.69, 9.17) is 21.1 Å². The molecule has 2 heterocycles. The van der Waals surface area contributed by atoms with E-state index in [0.717, 1.165) is 12.8 Å². The van der Waals surface area contributed by atoms with Crippen LogP contribution in [0.2, 0.25) is 5.02 Å². The highest BCUT2D eigenvalue weighted by atomic mass is 35.5. The molecule has 2 fully saturated rings. The van der Waals surface area contributed by atoms with Gasteiger partial charge in [-0.15, -0.1) is 0 Å². The van der Waals surface area contributed by atoms with Crippen LogP contribution in [0.5, 0.6) is 0 Å². The Bertz CT molecular complexity index is 939. The van der Waals surface area contributed by atoms with Crippen LogP contribution in [0.1, 0.15) is 45.6 Å². The van der Waals surface area contributed by atoms with Crippen LogP contribution in [0.4, 0.5) is 15.3 Å². The SMILES string of the molecule is CC(C)(C)OC(=O)N1CCC(OCC#Cc2ccc(Cl)c(N3CCC(=O)NC3=O)c2)CC1. The summed E-state index contributed by atoms with van der Waals surface area (Å²) in [6, 6.07) is 4.68. The van der Waals surface area contributed by atoms with E-state index in [-0.39, 0.29) is 37.7 Å². The number of carbonyl (C=O) groups is 3. The van der Waals surface area contributed by atoms with Gasteiger partial charge in [0.25, 0.3) is 0 Å². The van der Waals surface area contributed by atoms with E-state index in [2.05, 4.69) is 17.2 Å². The Balaban J connectivity index is 1.49. The zero-order valence-electron chi connectivity index (χ0n) is 18.6. The Morgan fingerprint density at radius 3 is 2.59 bits per heavy atom. The van der Waals surface area contributed by atoms with Crippen LogP contribution in [0.25, 0.3) is 0 Å². The van der Waals surface area contributed by atoms with E-state index in [1.807, 2.05) is 20.8 Å². The highest BCUT2D eigenvalue weighted by Gasteiger charge is 2.27. The fourth-order valence-electron chi connectivity index (χ4n) is 3.42. The molecule has 172 valence electrons. The maximum atomic E-state index is 12.1. The number of hydrogen-bond acceptors (Lipinski definition) is 5. The summed E-state index contributed by atoms with van der Waals surface area (Å²) in [5.74, 6) is 5.71. The van der Waals surface area contributed by atoms with Crippen molar-refractivity contribution >= 4 is 35.3 Å². The molecule has 0 radical (unpaired) electrons. The molecule has 1 N–H and O–H groups in total. The number of anilines is 1. The number of urea groups is 1. The molecule has 0 atom stereocenters. The molecule has 2 aliphatic heterocycles. The molecular formula is C23H28ClN3O5. The van der Waals surface area contributed by atoms with Crippen LogP contribution in [0.3, 0.4) is 0 Å². The fourth-order valence-corrected chi connectivity index (χ4v) is 3.64. The predicted molar refractivity (Wildman–Crippen MR) is 121 cm³/mol. The molecule has 3 rings (SSSR count). The van der Waals surface area contributed by atoms with Gasteiger partial charge < -0.3 is 14.4 Å². The Hall–Kier alpha value is -2.76. The van der Waals surface area contributed by atoms with Gasteiger partial charge in [0.15, 0.2) is 0 Å². The Morgan fingerprint density at radius 2 is 1.94 bits per heavy atom. The summed E-state index contributed by atoms with van der Waals surface area (Å²) in [6.07, 6.45) is 1.43. The average Bonchev–Trinajstić information content (AvgIpc) is 2.72. The molecule has 1 aromatic carbocycles. The fraction of sp³-hybridized carbons (Fsp3) is 0.522. The van der Waals surface area contributed by atoms with Gasteiger partial charge in [-0.25, -0.2) is 9.59 Å². The maximum Gasteiger partial charge on any atom is 0.410 e. The zero-order valence-corrected chi connectivity index (χ0v) is 19.3. The average molecular weight is 462 g/mol. The second-order valence-corrected chi connectivity index (χ2v) is 9.11. The lowest BCUT2D eigenvalue weighted by molar-refractivity contribution is -0.120. The molecule has 2 aliphatic rings. The number of ether oxygens (including phenoxy) is 2. The first-order chi connectivity index (χ1) is 15.1. The van der Waals surface area contributed by atoms with Crippen molar-refractivity contribution in [2.24, 2.45) is 0 Å². The molecule has 0 aliphatic carbocycles. The van der Waals surface area contributed by atoms with Crippen LogP contribution in [-0.4, -0.2) is 60.9 Å². The van der Waals surface area contributed by atoms with Gasteiger partial charge in [-0.3, -0.25) is 15.0 Å². The number of carbonyl (C=O) groups excluding carboxylic acids is 3. The van der Waals surface area contributed by atoms with Crippen molar-refractivity contribution in [1.82, 2.24) is 10.2 Å². The second-order valence-electron chi connectivity index (χ2n) is 8.70. The molecule has 4 amide bonds. The summed E-state index contributed by atoms with van der Waals surface area (Å²) in [7, 11) is 0. The van der Waals surface area contributed by atoms with Gasteiger partial charge in [0.1, 0.15) is 12.2 Å². The first-order valence-corrected chi connectivity index (χ1v) is 11.0. The Labute approximate surface area is 193 Å². The number of hydrogen-bond donors (Lipinski definition) is 1. The minimum atomic E-state index is -0.503. The van der Waals surface area contributed by atoms with Crippen molar-refractivity contribution < 1.29 is 23.9 Å². The molecule has 9 heteroatoms. The molecule has 0 spiro atoms. The first-order valence-electron chi connectivity index (χ1n) is 10.6. The lowest BCUT2D eigenvalue weighted by Gasteiger charge is -2.33. The zero-order chi connectivity index (χ0) is 23.3. The normalized spacial score (nSPS) is 17.5. The molecule has 0 saturated carbocycles. The summed E-state index contributed by atoms with van der Waals surface area (Å²) in [5, 5.41) is 2.70. The molecular weight excluding hydrogens is 434 g/mol. The molecule has 0 aromatic heterocycles. The number of amides is 4. The van der Waals surface area contributed by atoms with E-state index in [1.54, 1.807) is 23.1 Å². The number of rotatable bonds is 3. The summed E-state index contributed by atoms with van der Waals surface area (Å²) in [5.41, 5.74) is 0.702. The number of nitrogens with zero attached hydrogens (tertiary/aromatic N) is 2.